The number of aryl methyl sites for hydroxylation is 1. The Bertz CT molecular complexity index is 1000. The second-order valence-corrected chi connectivity index (χ2v) is 8.94. The predicted molar refractivity (Wildman–Crippen MR) is 119 cm³/mol. The Morgan fingerprint density at radius 2 is 2.20 bits per heavy atom. The summed E-state index contributed by atoms with van der Waals surface area (Å²) in [5, 5.41) is 8.79. The molecule has 160 valence electrons. The summed E-state index contributed by atoms with van der Waals surface area (Å²) in [4.78, 5) is 8.05. The number of hydrogen-bond donors (Lipinski definition) is 1. The maximum absolute atomic E-state index is 14.2. The second-order valence-electron chi connectivity index (χ2n) is 7.94. The van der Waals surface area contributed by atoms with E-state index in [0.29, 0.717) is 23.8 Å². The number of piperidine rings is 1. The Morgan fingerprint density at radius 3 is 2.97 bits per heavy atom. The van der Waals surface area contributed by atoms with Gasteiger partial charge >= 0.3 is 0 Å². The first-order valence-electron chi connectivity index (χ1n) is 10.3. The number of anilines is 1. The molecule has 1 aliphatic rings. The fraction of sp³-hybridized carbons (Fsp3) is 0.455. The Hall–Kier alpha value is -2.45. The van der Waals surface area contributed by atoms with Crippen LogP contribution in [-0.2, 0) is 13.1 Å². The molecule has 30 heavy (non-hydrogen) atoms. The summed E-state index contributed by atoms with van der Waals surface area (Å²) < 4.78 is 21.3. The molecule has 1 N–H and O–H groups in total. The van der Waals surface area contributed by atoms with Crippen LogP contribution in [0.25, 0.3) is 10.6 Å². The third kappa shape index (κ3) is 4.82. The van der Waals surface area contributed by atoms with Gasteiger partial charge in [0.25, 0.3) is 0 Å². The van der Waals surface area contributed by atoms with Crippen LogP contribution < -0.4 is 10.1 Å². The minimum absolute atomic E-state index is 0.289. The Labute approximate surface area is 180 Å². The van der Waals surface area contributed by atoms with Gasteiger partial charge in [0.1, 0.15) is 17.3 Å². The van der Waals surface area contributed by atoms with E-state index in [-0.39, 0.29) is 5.82 Å². The predicted octanol–water partition coefficient (Wildman–Crippen LogP) is 4.42. The first kappa shape index (κ1) is 20.8. The Balaban J connectivity index is 1.41. The van der Waals surface area contributed by atoms with Gasteiger partial charge in [-0.2, -0.15) is 5.10 Å². The van der Waals surface area contributed by atoms with Crippen LogP contribution in [-0.4, -0.2) is 46.9 Å². The average Bonchev–Trinajstić information content (AvgIpc) is 3.33. The second kappa shape index (κ2) is 9.14. The molecule has 2 aromatic heterocycles. The zero-order valence-corrected chi connectivity index (χ0v) is 18.5. The lowest BCUT2D eigenvalue weighted by molar-refractivity contribution is 0.191. The number of hydrogen-bond acceptors (Lipinski definition) is 6. The number of nitrogens with one attached hydrogen (secondary N) is 1. The molecule has 0 spiro atoms. The lowest BCUT2D eigenvalue weighted by Crippen LogP contribution is -2.34. The molecule has 4 rings (SSSR count). The molecular weight excluding hydrogens is 401 g/mol. The summed E-state index contributed by atoms with van der Waals surface area (Å²) in [5.74, 6) is 0.872. The van der Waals surface area contributed by atoms with E-state index < -0.39 is 0 Å². The van der Waals surface area contributed by atoms with Gasteiger partial charge in [0.05, 0.1) is 17.7 Å². The smallest absolute Gasteiger partial charge is 0.183 e. The maximum Gasteiger partial charge on any atom is 0.183 e. The summed E-state index contributed by atoms with van der Waals surface area (Å²) in [6.07, 6.45) is 4.57. The van der Waals surface area contributed by atoms with Gasteiger partial charge in [-0.1, -0.05) is 17.4 Å². The summed E-state index contributed by atoms with van der Waals surface area (Å²) in [6, 6.07) is 6.94. The highest BCUT2D eigenvalue weighted by atomic mass is 32.1. The number of benzene rings is 1. The van der Waals surface area contributed by atoms with Crippen LogP contribution in [0, 0.1) is 18.7 Å². The molecule has 0 amide bonds. The molecule has 0 bridgehead atoms. The summed E-state index contributed by atoms with van der Waals surface area (Å²) >= 11 is 1.55. The number of halogens is 1. The normalized spacial score (nSPS) is 17.3. The van der Waals surface area contributed by atoms with Gasteiger partial charge in [0.2, 0.25) is 0 Å². The molecule has 1 atom stereocenters. The Morgan fingerprint density at radius 1 is 1.33 bits per heavy atom. The molecule has 1 unspecified atom stereocenters. The third-order valence-electron chi connectivity index (χ3n) is 5.53. The van der Waals surface area contributed by atoms with E-state index >= 15 is 0 Å². The van der Waals surface area contributed by atoms with E-state index in [1.165, 1.54) is 32.6 Å². The maximum atomic E-state index is 14.2. The average molecular weight is 430 g/mol. The van der Waals surface area contributed by atoms with E-state index in [1.54, 1.807) is 23.5 Å². The minimum atomic E-state index is -0.289. The molecule has 1 aromatic carbocycles. The molecular formula is C22H28FN5OS. The molecule has 0 radical (unpaired) electrons. The highest BCUT2D eigenvalue weighted by Crippen LogP contribution is 2.32. The SMILES string of the molecule is COc1ccc(CNc2nc(C)c(-c3ccn(CC4CCCN(C)C4)n3)s2)c(F)c1. The topological polar surface area (TPSA) is 55.2 Å². The van der Waals surface area contributed by atoms with Crippen molar-refractivity contribution in [2.45, 2.75) is 32.9 Å². The first-order chi connectivity index (χ1) is 14.5. The zero-order chi connectivity index (χ0) is 21.1. The van der Waals surface area contributed by atoms with Crippen molar-refractivity contribution < 1.29 is 9.13 Å². The highest BCUT2D eigenvalue weighted by Gasteiger charge is 2.19. The van der Waals surface area contributed by atoms with E-state index in [0.717, 1.165) is 34.5 Å². The lowest BCUT2D eigenvalue weighted by atomic mass is 9.99. The monoisotopic (exact) mass is 429 g/mol. The van der Waals surface area contributed by atoms with Crippen molar-refractivity contribution in [1.82, 2.24) is 19.7 Å². The Kier molecular flexibility index (Phi) is 6.34. The summed E-state index contributed by atoms with van der Waals surface area (Å²) in [5.41, 5.74) is 2.45. The van der Waals surface area contributed by atoms with Crippen molar-refractivity contribution in [3.63, 3.8) is 0 Å². The van der Waals surface area contributed by atoms with Crippen LogP contribution in [0.3, 0.4) is 0 Å². The highest BCUT2D eigenvalue weighted by molar-refractivity contribution is 7.19. The zero-order valence-electron chi connectivity index (χ0n) is 17.7. The number of thiazole rings is 1. The molecule has 3 aromatic rings. The molecule has 1 saturated heterocycles. The number of rotatable bonds is 7. The van der Waals surface area contributed by atoms with Gasteiger partial charge in [0.15, 0.2) is 5.13 Å². The van der Waals surface area contributed by atoms with E-state index in [1.807, 2.05) is 6.92 Å². The fourth-order valence-corrected chi connectivity index (χ4v) is 4.88. The van der Waals surface area contributed by atoms with E-state index in [2.05, 4.69) is 39.2 Å². The van der Waals surface area contributed by atoms with Crippen molar-refractivity contribution >= 4 is 16.5 Å². The quantitative estimate of drug-likeness (QED) is 0.603. The first-order valence-corrected chi connectivity index (χ1v) is 11.1. The van der Waals surface area contributed by atoms with Crippen molar-refractivity contribution in [2.75, 3.05) is 32.6 Å². The van der Waals surface area contributed by atoms with Gasteiger partial charge in [-0.3, -0.25) is 4.68 Å². The molecule has 1 aliphatic heterocycles. The van der Waals surface area contributed by atoms with Gasteiger partial charge in [0, 0.05) is 37.5 Å². The molecule has 6 nitrogen and oxygen atoms in total. The third-order valence-corrected chi connectivity index (χ3v) is 6.67. The van der Waals surface area contributed by atoms with Gasteiger partial charge in [-0.15, -0.1) is 0 Å². The fourth-order valence-electron chi connectivity index (χ4n) is 3.95. The standard InChI is InChI=1S/C22H28FN5OS/c1-15-21(20-8-10-28(26-20)14-16-5-4-9-27(2)13-16)30-22(25-15)24-12-17-6-7-18(29-3)11-19(17)23/h6-8,10-11,16H,4-5,9,12-14H2,1-3H3,(H,24,25). The van der Waals surface area contributed by atoms with Gasteiger partial charge in [-0.25, -0.2) is 9.37 Å². The van der Waals surface area contributed by atoms with Crippen LogP contribution in [0.4, 0.5) is 9.52 Å². The van der Waals surface area contributed by atoms with Crippen molar-refractivity contribution in [2.24, 2.45) is 5.92 Å². The van der Waals surface area contributed by atoms with E-state index in [4.69, 9.17) is 9.84 Å². The number of aromatic nitrogens is 3. The largest absolute Gasteiger partial charge is 0.497 e. The van der Waals surface area contributed by atoms with Crippen LogP contribution in [0.2, 0.25) is 0 Å². The molecule has 0 aliphatic carbocycles. The molecule has 0 saturated carbocycles. The van der Waals surface area contributed by atoms with Crippen LogP contribution in [0.5, 0.6) is 5.75 Å². The van der Waals surface area contributed by atoms with Gasteiger partial charge < -0.3 is 15.0 Å². The van der Waals surface area contributed by atoms with E-state index in [9.17, 15) is 4.39 Å². The van der Waals surface area contributed by atoms with Crippen LogP contribution in [0.1, 0.15) is 24.1 Å². The van der Waals surface area contributed by atoms with Crippen molar-refractivity contribution in [3.8, 4) is 16.3 Å². The lowest BCUT2D eigenvalue weighted by Gasteiger charge is -2.29. The van der Waals surface area contributed by atoms with Crippen LogP contribution in [0.15, 0.2) is 30.5 Å². The number of likely N-dealkylation sites (tertiary alicyclic amines) is 1. The van der Waals surface area contributed by atoms with Crippen LogP contribution >= 0.6 is 11.3 Å². The number of nitrogens with zero attached hydrogens (tertiary/aromatic N) is 4. The van der Waals surface area contributed by atoms with Crippen molar-refractivity contribution in [1.29, 1.82) is 0 Å². The molecule has 8 heteroatoms. The number of methoxy groups -OCH3 is 1. The van der Waals surface area contributed by atoms with Gasteiger partial charge in [-0.05, 0) is 51.4 Å². The summed E-state index contributed by atoms with van der Waals surface area (Å²) in [7, 11) is 3.72. The molecule has 1 fully saturated rings. The number of ether oxygens (including phenoxy) is 1. The minimum Gasteiger partial charge on any atom is -0.497 e. The van der Waals surface area contributed by atoms with Crippen molar-refractivity contribution in [3.05, 3.63) is 47.5 Å². The molecule has 3 heterocycles. The summed E-state index contributed by atoms with van der Waals surface area (Å²) in [6.45, 7) is 5.62.